The molecular weight excluding hydrogens is 276 g/mol. The highest BCUT2D eigenvalue weighted by Gasteiger charge is 2.20. The van der Waals surface area contributed by atoms with E-state index in [1.54, 1.807) is 0 Å². The highest BCUT2D eigenvalue weighted by molar-refractivity contribution is 5.96. The van der Waals surface area contributed by atoms with E-state index in [1.165, 1.54) is 25.7 Å². The molecule has 0 aromatic heterocycles. The number of hydrogen-bond donors (Lipinski definition) is 1. The minimum absolute atomic E-state index is 0.0884. The van der Waals surface area contributed by atoms with Crippen molar-refractivity contribution in [1.29, 1.82) is 0 Å². The average molecular weight is 300 g/mol. The van der Waals surface area contributed by atoms with Crippen molar-refractivity contribution < 1.29 is 9.59 Å². The second-order valence-corrected chi connectivity index (χ2v) is 6.48. The second-order valence-electron chi connectivity index (χ2n) is 6.48. The molecule has 1 saturated heterocycles. The van der Waals surface area contributed by atoms with E-state index in [1.807, 2.05) is 29.2 Å². The van der Waals surface area contributed by atoms with Crippen LogP contribution in [0.4, 0.5) is 5.69 Å². The molecule has 1 aromatic carbocycles. The van der Waals surface area contributed by atoms with Crippen LogP contribution >= 0.6 is 0 Å². The van der Waals surface area contributed by atoms with Crippen molar-refractivity contribution in [3.05, 3.63) is 29.8 Å². The molecule has 2 amide bonds. The number of rotatable bonds is 4. The Morgan fingerprint density at radius 1 is 1.00 bits per heavy atom. The summed E-state index contributed by atoms with van der Waals surface area (Å²) >= 11 is 0. The maximum Gasteiger partial charge on any atom is 0.253 e. The quantitative estimate of drug-likeness (QED) is 0.926. The van der Waals surface area contributed by atoms with Crippen LogP contribution in [0.15, 0.2) is 24.3 Å². The third kappa shape index (κ3) is 3.67. The van der Waals surface area contributed by atoms with Crippen molar-refractivity contribution >= 4 is 17.5 Å². The van der Waals surface area contributed by atoms with Crippen molar-refractivity contribution in [2.75, 3.05) is 18.4 Å². The van der Waals surface area contributed by atoms with E-state index in [-0.39, 0.29) is 11.8 Å². The van der Waals surface area contributed by atoms with Crippen LogP contribution in [0.25, 0.3) is 0 Å². The van der Waals surface area contributed by atoms with Gasteiger partial charge in [0.1, 0.15) is 0 Å². The Labute approximate surface area is 131 Å². The zero-order chi connectivity index (χ0) is 15.4. The third-order valence-corrected chi connectivity index (χ3v) is 4.76. The van der Waals surface area contributed by atoms with Crippen LogP contribution in [0.1, 0.15) is 55.3 Å². The summed E-state index contributed by atoms with van der Waals surface area (Å²) in [6, 6.07) is 7.28. The largest absolute Gasteiger partial charge is 0.339 e. The van der Waals surface area contributed by atoms with Crippen LogP contribution in [0.5, 0.6) is 0 Å². The predicted octanol–water partition coefficient (Wildman–Crippen LogP) is 3.44. The van der Waals surface area contributed by atoms with Gasteiger partial charge in [0, 0.05) is 30.8 Å². The van der Waals surface area contributed by atoms with Crippen LogP contribution in [-0.4, -0.2) is 29.8 Å². The number of amides is 2. The van der Waals surface area contributed by atoms with E-state index >= 15 is 0 Å². The van der Waals surface area contributed by atoms with Crippen LogP contribution in [0.3, 0.4) is 0 Å². The summed E-state index contributed by atoms with van der Waals surface area (Å²) in [6.07, 6.45) is 7.68. The minimum atomic E-state index is 0.0884. The first-order valence-corrected chi connectivity index (χ1v) is 8.41. The molecule has 2 aliphatic rings. The molecule has 0 radical (unpaired) electrons. The van der Waals surface area contributed by atoms with Gasteiger partial charge in [-0.25, -0.2) is 0 Å². The summed E-state index contributed by atoms with van der Waals surface area (Å²) in [7, 11) is 0. The van der Waals surface area contributed by atoms with E-state index in [2.05, 4.69) is 5.32 Å². The first kappa shape index (κ1) is 15.1. The lowest BCUT2D eigenvalue weighted by atomic mass is 10.0. The lowest BCUT2D eigenvalue weighted by molar-refractivity contribution is -0.117. The standard InChI is InChI=1S/C18H24N2O2/c21-17(13-14-5-1-2-6-14)19-16-9-7-15(8-10-16)18(22)20-11-3-4-12-20/h7-10,14H,1-6,11-13H2,(H,19,21). The Kier molecular flexibility index (Phi) is 4.76. The fourth-order valence-corrected chi connectivity index (χ4v) is 3.49. The van der Waals surface area contributed by atoms with Crippen molar-refractivity contribution in [3.63, 3.8) is 0 Å². The topological polar surface area (TPSA) is 49.4 Å². The van der Waals surface area contributed by atoms with E-state index in [0.717, 1.165) is 31.6 Å². The molecule has 4 heteroatoms. The Morgan fingerprint density at radius 2 is 1.64 bits per heavy atom. The lowest BCUT2D eigenvalue weighted by Gasteiger charge is -2.15. The van der Waals surface area contributed by atoms with E-state index in [9.17, 15) is 9.59 Å². The highest BCUT2D eigenvalue weighted by Crippen LogP contribution is 2.27. The van der Waals surface area contributed by atoms with Gasteiger partial charge in [-0.3, -0.25) is 9.59 Å². The van der Waals surface area contributed by atoms with Crippen LogP contribution in [0, 0.1) is 5.92 Å². The summed E-state index contributed by atoms with van der Waals surface area (Å²) in [4.78, 5) is 26.2. The van der Waals surface area contributed by atoms with Gasteiger partial charge in [-0.2, -0.15) is 0 Å². The molecular formula is C18H24N2O2. The number of nitrogens with one attached hydrogen (secondary N) is 1. The van der Waals surface area contributed by atoms with Crippen molar-refractivity contribution in [2.24, 2.45) is 5.92 Å². The third-order valence-electron chi connectivity index (χ3n) is 4.76. The van der Waals surface area contributed by atoms with Crippen molar-refractivity contribution in [3.8, 4) is 0 Å². The fraction of sp³-hybridized carbons (Fsp3) is 0.556. The van der Waals surface area contributed by atoms with Gasteiger partial charge in [-0.1, -0.05) is 12.8 Å². The molecule has 1 heterocycles. The van der Waals surface area contributed by atoms with E-state index < -0.39 is 0 Å². The van der Waals surface area contributed by atoms with Gasteiger partial charge >= 0.3 is 0 Å². The Hall–Kier alpha value is -1.84. The SMILES string of the molecule is O=C(CC1CCCC1)Nc1ccc(C(=O)N2CCCC2)cc1. The van der Waals surface area contributed by atoms with Gasteiger partial charge in [-0.15, -0.1) is 0 Å². The van der Waals surface area contributed by atoms with Gasteiger partial charge in [0.2, 0.25) is 5.91 Å². The molecule has 1 N–H and O–H groups in total. The van der Waals surface area contributed by atoms with Crippen LogP contribution in [-0.2, 0) is 4.79 Å². The molecule has 0 spiro atoms. The maximum atomic E-state index is 12.2. The van der Waals surface area contributed by atoms with Gasteiger partial charge in [0.05, 0.1) is 0 Å². The number of hydrogen-bond acceptors (Lipinski definition) is 2. The summed E-state index contributed by atoms with van der Waals surface area (Å²) in [5.74, 6) is 0.739. The molecule has 22 heavy (non-hydrogen) atoms. The molecule has 2 fully saturated rings. The average Bonchev–Trinajstić information content (AvgIpc) is 3.20. The van der Waals surface area contributed by atoms with Crippen molar-refractivity contribution in [2.45, 2.75) is 44.9 Å². The van der Waals surface area contributed by atoms with Gasteiger partial charge in [-0.05, 0) is 55.9 Å². The summed E-state index contributed by atoms with van der Waals surface area (Å²) in [6.45, 7) is 1.72. The first-order chi connectivity index (χ1) is 10.7. The highest BCUT2D eigenvalue weighted by atomic mass is 16.2. The summed E-state index contributed by atoms with van der Waals surface area (Å²) in [5, 5.41) is 2.94. The normalized spacial score (nSPS) is 18.6. The molecule has 1 aromatic rings. The zero-order valence-corrected chi connectivity index (χ0v) is 13.0. The number of nitrogens with zero attached hydrogens (tertiary/aromatic N) is 1. The van der Waals surface area contributed by atoms with Crippen LogP contribution in [0.2, 0.25) is 0 Å². The van der Waals surface area contributed by atoms with Gasteiger partial charge < -0.3 is 10.2 Å². The number of carbonyl (C=O) groups is 2. The van der Waals surface area contributed by atoms with Crippen LogP contribution < -0.4 is 5.32 Å². The van der Waals surface area contributed by atoms with E-state index in [0.29, 0.717) is 17.9 Å². The molecule has 1 saturated carbocycles. The maximum absolute atomic E-state index is 12.2. The Bertz CT molecular complexity index is 527. The summed E-state index contributed by atoms with van der Waals surface area (Å²) < 4.78 is 0. The number of anilines is 1. The molecule has 1 aliphatic carbocycles. The van der Waals surface area contributed by atoms with Gasteiger partial charge in [0.25, 0.3) is 5.91 Å². The first-order valence-electron chi connectivity index (χ1n) is 8.41. The smallest absolute Gasteiger partial charge is 0.253 e. The molecule has 4 nitrogen and oxygen atoms in total. The Morgan fingerprint density at radius 3 is 2.27 bits per heavy atom. The second kappa shape index (κ2) is 6.95. The molecule has 0 bridgehead atoms. The predicted molar refractivity (Wildman–Crippen MR) is 86.8 cm³/mol. The molecule has 0 unspecified atom stereocenters. The summed E-state index contributed by atoms with van der Waals surface area (Å²) in [5.41, 5.74) is 1.48. The minimum Gasteiger partial charge on any atom is -0.339 e. The lowest BCUT2D eigenvalue weighted by Crippen LogP contribution is -2.27. The molecule has 0 atom stereocenters. The van der Waals surface area contributed by atoms with E-state index in [4.69, 9.17) is 0 Å². The fourth-order valence-electron chi connectivity index (χ4n) is 3.49. The zero-order valence-electron chi connectivity index (χ0n) is 13.0. The van der Waals surface area contributed by atoms with Crippen molar-refractivity contribution in [1.82, 2.24) is 4.90 Å². The molecule has 3 rings (SSSR count). The molecule has 118 valence electrons. The number of benzene rings is 1. The molecule has 1 aliphatic heterocycles. The Balaban J connectivity index is 1.54. The number of carbonyl (C=O) groups excluding carboxylic acids is 2. The van der Waals surface area contributed by atoms with Gasteiger partial charge in [0.15, 0.2) is 0 Å². The number of likely N-dealkylation sites (tertiary alicyclic amines) is 1. The monoisotopic (exact) mass is 300 g/mol.